The third kappa shape index (κ3) is 15.3. The number of nitrogens with one attached hydrogen (secondary N) is 1. The summed E-state index contributed by atoms with van der Waals surface area (Å²) < 4.78 is 59.4. The van der Waals surface area contributed by atoms with Crippen LogP contribution in [-0.2, 0) is 71.0 Å². The van der Waals surface area contributed by atoms with Crippen molar-refractivity contribution in [2.24, 2.45) is 0 Å². The van der Waals surface area contributed by atoms with Crippen LogP contribution in [0.4, 0.5) is 4.79 Å². The molecule has 10 atom stereocenters. The molecule has 0 saturated carbocycles. The fraction of sp³-hybridized carbons (Fsp3) is 0.489. The number of alkyl halides is 3. The van der Waals surface area contributed by atoms with Crippen molar-refractivity contribution in [1.29, 1.82) is 0 Å². The predicted molar refractivity (Wildman–Crippen MR) is 255 cm³/mol. The van der Waals surface area contributed by atoms with Crippen molar-refractivity contribution in [2.45, 2.75) is 130 Å². The molecule has 2 saturated heterocycles. The Balaban J connectivity index is 1.73. The third-order valence-corrected chi connectivity index (χ3v) is 17.2. The molecule has 2 aliphatic heterocycles. The van der Waals surface area contributed by atoms with Gasteiger partial charge in [0, 0.05) is 39.5 Å². The second-order valence-corrected chi connectivity index (χ2v) is 25.0. The first-order chi connectivity index (χ1) is 32.5. The molecule has 0 bridgehead atoms. The van der Waals surface area contributed by atoms with E-state index in [4.69, 9.17) is 81.9 Å². The summed E-state index contributed by atoms with van der Waals surface area (Å²) in [6.45, 7) is 10.2. The van der Waals surface area contributed by atoms with Crippen LogP contribution in [0.1, 0.15) is 55.4 Å². The lowest BCUT2D eigenvalue weighted by Gasteiger charge is -2.50. The Morgan fingerprint density at radius 1 is 0.594 bits per heavy atom. The first-order valence-electron chi connectivity index (χ1n) is 21.7. The molecule has 3 aromatic rings. The molecule has 2 aliphatic rings. The number of hydrogen-bond acceptors (Lipinski definition) is 17. The zero-order chi connectivity index (χ0) is 50.7. The summed E-state index contributed by atoms with van der Waals surface area (Å²) >= 11 is 19.0. The number of benzene rings is 3. The fourth-order valence-corrected chi connectivity index (χ4v) is 14.1. The van der Waals surface area contributed by atoms with Crippen molar-refractivity contribution < 1.29 is 75.8 Å². The van der Waals surface area contributed by atoms with Gasteiger partial charge in [0.15, 0.2) is 30.7 Å². The van der Waals surface area contributed by atoms with Gasteiger partial charge in [-0.05, 0) is 27.5 Å². The summed E-state index contributed by atoms with van der Waals surface area (Å²) in [4.78, 5) is 78.1. The number of hydrogen-bond donors (Lipinski definition) is 1. The van der Waals surface area contributed by atoms with Crippen LogP contribution in [0.2, 0.25) is 5.04 Å². The van der Waals surface area contributed by atoms with Gasteiger partial charge in [0.2, 0.25) is 3.79 Å². The van der Waals surface area contributed by atoms with Crippen molar-refractivity contribution in [1.82, 2.24) is 5.32 Å². The van der Waals surface area contributed by atoms with Gasteiger partial charge in [0.25, 0.3) is 8.32 Å². The minimum atomic E-state index is -3.39. The lowest BCUT2D eigenvalue weighted by atomic mass is 9.95. The van der Waals surface area contributed by atoms with Gasteiger partial charge in [-0.3, -0.25) is 24.0 Å². The summed E-state index contributed by atoms with van der Waals surface area (Å²) in [5.41, 5.74) is -1.11. The summed E-state index contributed by atoms with van der Waals surface area (Å²) in [6, 6.07) is 27.1. The monoisotopic (exact) mass is 1060 g/mol. The molecule has 0 aliphatic carbocycles. The molecule has 2 fully saturated rings. The van der Waals surface area contributed by atoms with Gasteiger partial charge < -0.3 is 52.4 Å². The molecule has 0 aromatic heterocycles. The number of halogens is 3. The fourth-order valence-electron chi connectivity index (χ4n) is 8.17. The number of thioether (sulfide) groups is 1. The second-order valence-electron chi connectivity index (χ2n) is 17.1. The molecule has 1 amide bonds. The molecule has 1 N–H and O–H groups in total. The average molecular weight is 1060 g/mol. The number of alkyl carbamates (subject to hydrolysis) is 1. The first-order valence-corrected chi connectivity index (χ1v) is 25.7. The van der Waals surface area contributed by atoms with Gasteiger partial charge in [-0.2, -0.15) is 0 Å². The molecule has 0 unspecified atom stereocenters. The van der Waals surface area contributed by atoms with Gasteiger partial charge in [0.1, 0.15) is 43.0 Å². The molecule has 0 radical (unpaired) electrons. The first kappa shape index (κ1) is 55.5. The zero-order valence-corrected chi connectivity index (χ0v) is 43.2. The molecule has 0 spiro atoms. The van der Waals surface area contributed by atoms with Crippen molar-refractivity contribution >= 4 is 101 Å². The zero-order valence-electron chi connectivity index (χ0n) is 39.1. The SMILES string of the molecule is CC(=O)OC[C@H]1O[C@@H](O[C@H]2[C@H](OC(C)=O)[C@@H](NC(=O)OCC(Cl)(Cl)Cl)[C@H](Sc3ccccc3)O[C@@H]2CO[Si](c2ccccc2)(c2ccccc2)C(C)(C)C)[C@H](OC(C)=O)[C@@H](OC(C)=O)[C@H]1OC(C)=O. The molecule has 3 aromatic carbocycles. The minimum Gasteiger partial charge on any atom is -0.463 e. The van der Waals surface area contributed by atoms with Gasteiger partial charge in [-0.25, -0.2) is 4.79 Å². The number of carbonyl (C=O) groups excluding carboxylic acids is 6. The summed E-state index contributed by atoms with van der Waals surface area (Å²) in [5.74, 6) is -4.18. The Bertz CT molecular complexity index is 2180. The minimum absolute atomic E-state index is 0.267. The van der Waals surface area contributed by atoms with Gasteiger partial charge in [0.05, 0.1) is 6.61 Å². The Morgan fingerprint density at radius 3 is 1.57 bits per heavy atom. The number of ether oxygens (including phenoxy) is 9. The van der Waals surface area contributed by atoms with Crippen molar-refractivity contribution in [3.63, 3.8) is 0 Å². The molecular formula is C47H56Cl3NO16SSi. The number of carbonyl (C=O) groups is 6. The van der Waals surface area contributed by atoms with Crippen LogP contribution in [0.3, 0.4) is 0 Å². The lowest BCUT2D eigenvalue weighted by Crippen LogP contribution is -2.70. The van der Waals surface area contributed by atoms with Crippen LogP contribution in [0.15, 0.2) is 95.9 Å². The predicted octanol–water partition coefficient (Wildman–Crippen LogP) is 5.95. The van der Waals surface area contributed by atoms with Crippen molar-refractivity contribution in [3.8, 4) is 0 Å². The topological polar surface area (TPSA) is 207 Å². The smallest absolute Gasteiger partial charge is 0.407 e. The Labute approximate surface area is 420 Å². The highest BCUT2D eigenvalue weighted by molar-refractivity contribution is 7.99. The summed E-state index contributed by atoms with van der Waals surface area (Å²) in [5, 5.41) is 4.00. The molecule has 5 rings (SSSR count). The highest BCUT2D eigenvalue weighted by atomic mass is 35.6. The molecular weight excluding hydrogens is 1000 g/mol. The van der Waals surface area contributed by atoms with Crippen LogP contribution in [-0.4, -0.2) is 128 Å². The van der Waals surface area contributed by atoms with Gasteiger partial charge in [-0.1, -0.05) is 146 Å². The van der Waals surface area contributed by atoms with Gasteiger partial charge in [-0.15, -0.1) is 0 Å². The van der Waals surface area contributed by atoms with E-state index in [1.165, 1.54) is 11.8 Å². The molecule has 17 nitrogen and oxygen atoms in total. The Kier molecular flexibility index (Phi) is 19.8. The summed E-state index contributed by atoms with van der Waals surface area (Å²) in [6.07, 6.45) is -13.5. The van der Waals surface area contributed by atoms with E-state index in [0.29, 0.717) is 4.90 Å². The maximum Gasteiger partial charge on any atom is 0.407 e. The number of esters is 5. The highest BCUT2D eigenvalue weighted by Gasteiger charge is 2.58. The van der Waals surface area contributed by atoms with E-state index in [1.807, 2.05) is 66.7 Å². The molecule has 22 heteroatoms. The van der Waals surface area contributed by atoms with E-state index in [-0.39, 0.29) is 6.61 Å². The standard InChI is InChI=1S/C47H56Cl3NO16SSi/c1-27(52)58-24-35-39(61-28(2)53)41(63-30(4)55)42(64-31(5)56)43(65-35)67-38-36(25-60-69(46(6,7)8,33-20-14-10-15-21-33)34-22-16-11-17-23-34)66-44(68-32-18-12-9-13-19-32)37(40(38)62-29(3)54)51-45(57)59-26-47(48,49)50/h9-23,35-44H,24-26H2,1-8H3,(H,51,57)/t35-,36-,37-,38-,39+,40-,41+,42-,43+,44+/m1/s1. The van der Waals surface area contributed by atoms with Crippen molar-refractivity contribution in [2.75, 3.05) is 19.8 Å². The van der Waals surface area contributed by atoms with Gasteiger partial charge >= 0.3 is 35.9 Å². The normalized spacial score (nSPS) is 25.0. The van der Waals surface area contributed by atoms with E-state index in [0.717, 1.165) is 45.0 Å². The highest BCUT2D eigenvalue weighted by Crippen LogP contribution is 2.41. The van der Waals surface area contributed by atoms with Crippen molar-refractivity contribution in [3.05, 3.63) is 91.0 Å². The van der Waals surface area contributed by atoms with E-state index < -0.39 is 127 Å². The van der Waals surface area contributed by atoms with E-state index in [9.17, 15) is 28.8 Å². The van der Waals surface area contributed by atoms with Crippen LogP contribution in [0.25, 0.3) is 0 Å². The molecule has 69 heavy (non-hydrogen) atoms. The van der Waals surface area contributed by atoms with Crippen LogP contribution >= 0.6 is 46.6 Å². The largest absolute Gasteiger partial charge is 0.463 e. The number of amides is 1. The average Bonchev–Trinajstić information content (AvgIpc) is 3.26. The van der Waals surface area contributed by atoms with Crippen LogP contribution < -0.4 is 15.7 Å². The Morgan fingerprint density at radius 2 is 1.07 bits per heavy atom. The summed E-state index contributed by atoms with van der Waals surface area (Å²) in [7, 11) is -3.39. The van der Waals surface area contributed by atoms with E-state index in [1.54, 1.807) is 24.3 Å². The van der Waals surface area contributed by atoms with Crippen LogP contribution in [0, 0.1) is 0 Å². The third-order valence-electron chi connectivity index (χ3n) is 10.7. The van der Waals surface area contributed by atoms with E-state index >= 15 is 0 Å². The lowest BCUT2D eigenvalue weighted by molar-refractivity contribution is -0.336. The second kappa shape index (κ2) is 24.6. The molecule has 376 valence electrons. The van der Waals surface area contributed by atoms with E-state index in [2.05, 4.69) is 26.1 Å². The Hall–Kier alpha value is -4.44. The maximum absolute atomic E-state index is 13.7. The maximum atomic E-state index is 13.7. The molecule has 2 heterocycles. The number of rotatable bonds is 17. The van der Waals surface area contributed by atoms with Crippen LogP contribution in [0.5, 0.6) is 0 Å². The quantitative estimate of drug-likeness (QED) is 0.0718.